The highest BCUT2D eigenvalue weighted by atomic mass is 35.7. The summed E-state index contributed by atoms with van der Waals surface area (Å²) in [5.74, 6) is 0. The normalized spacial score (nSPS) is 13.0. The highest BCUT2D eigenvalue weighted by molar-refractivity contribution is 7.36. The van der Waals surface area contributed by atoms with Crippen LogP contribution in [0.1, 0.15) is 13.8 Å². The van der Waals surface area contributed by atoms with Gasteiger partial charge in [0.1, 0.15) is 0 Å². The minimum atomic E-state index is -1.46. The maximum atomic E-state index is 5.56. The molecule has 3 heteroatoms. The first-order valence-corrected chi connectivity index (χ1v) is 6.16. The Labute approximate surface area is 55.1 Å². The number of hydrogen-bond donors (Lipinski definition) is 0. The molecule has 7 heavy (non-hydrogen) atoms. The molecule has 0 heterocycles. The molecule has 0 aromatic carbocycles. The summed E-state index contributed by atoms with van der Waals surface area (Å²) in [5, 5.41) is 1.14. The van der Waals surface area contributed by atoms with Gasteiger partial charge in [-0.25, -0.2) is 0 Å². The van der Waals surface area contributed by atoms with Crippen LogP contribution in [0.25, 0.3) is 0 Å². The third-order valence-corrected chi connectivity index (χ3v) is 3.89. The molecule has 0 saturated carbocycles. The fourth-order valence-electron chi connectivity index (χ4n) is 0.126. The van der Waals surface area contributed by atoms with Gasteiger partial charge >= 0.3 is 0 Å². The Morgan fingerprint density at radius 3 is 2.00 bits per heavy atom. The third-order valence-electron chi connectivity index (χ3n) is 0.800. The number of rotatable bonds is 1. The molecule has 0 unspecified atom stereocenters. The van der Waals surface area contributed by atoms with E-state index in [1.807, 2.05) is 19.9 Å². The van der Waals surface area contributed by atoms with Crippen LogP contribution in [0.4, 0.5) is 0 Å². The van der Waals surface area contributed by atoms with Crippen LogP contribution in [0.15, 0.2) is 11.3 Å². The van der Waals surface area contributed by atoms with Crippen LogP contribution >= 0.6 is 22.2 Å². The summed E-state index contributed by atoms with van der Waals surface area (Å²) in [5.41, 5.74) is 0. The number of halogens is 2. The summed E-state index contributed by atoms with van der Waals surface area (Å²) >= 11 is 11.1. The van der Waals surface area contributed by atoms with E-state index in [1.54, 1.807) is 0 Å². The molecule has 0 fully saturated rings. The van der Waals surface area contributed by atoms with Crippen LogP contribution in [0.5, 0.6) is 0 Å². The molecule has 0 rings (SSSR count). The van der Waals surface area contributed by atoms with Crippen molar-refractivity contribution < 1.29 is 0 Å². The molecule has 0 amide bonds. The molecule has 0 aromatic rings. The second kappa shape index (κ2) is 3.53. The van der Waals surface area contributed by atoms with Crippen LogP contribution in [0.2, 0.25) is 0 Å². The van der Waals surface area contributed by atoms with Gasteiger partial charge in [-0.1, -0.05) is 11.3 Å². The van der Waals surface area contributed by atoms with Gasteiger partial charge in [0, 0.05) is 0 Å². The molecule has 0 N–H and O–H groups in total. The van der Waals surface area contributed by atoms with E-state index in [1.165, 1.54) is 0 Å². The van der Waals surface area contributed by atoms with E-state index >= 15 is 0 Å². The standard InChI is InChI=1S/C4H8Cl2Si/c1-3-4(2)7(5)6/h3,7H,1-2H3. The Morgan fingerprint density at radius 2 is 2.00 bits per heavy atom. The van der Waals surface area contributed by atoms with E-state index in [-0.39, 0.29) is 0 Å². The van der Waals surface area contributed by atoms with Crippen molar-refractivity contribution in [1.29, 1.82) is 0 Å². The van der Waals surface area contributed by atoms with E-state index in [2.05, 4.69) is 0 Å². The van der Waals surface area contributed by atoms with Crippen molar-refractivity contribution in [2.24, 2.45) is 0 Å². The highest BCUT2D eigenvalue weighted by Crippen LogP contribution is 2.06. The maximum absolute atomic E-state index is 5.56. The summed E-state index contributed by atoms with van der Waals surface area (Å²) in [6, 6.07) is 0. The molecule has 0 spiro atoms. The van der Waals surface area contributed by atoms with E-state index in [0.29, 0.717) is 0 Å². The summed E-state index contributed by atoms with van der Waals surface area (Å²) in [4.78, 5) is 0. The molecular weight excluding hydrogens is 147 g/mol. The molecule has 0 aliphatic carbocycles. The molecule has 0 bridgehead atoms. The van der Waals surface area contributed by atoms with Gasteiger partial charge in [-0.15, -0.1) is 22.2 Å². The minimum Gasteiger partial charge on any atom is -0.145 e. The second-order valence-corrected chi connectivity index (χ2v) is 6.13. The van der Waals surface area contributed by atoms with Gasteiger partial charge in [-0.2, -0.15) is 0 Å². The van der Waals surface area contributed by atoms with E-state index in [9.17, 15) is 0 Å². The molecule has 0 atom stereocenters. The molecule has 0 nitrogen and oxygen atoms in total. The van der Waals surface area contributed by atoms with Gasteiger partial charge in [0.05, 0.1) is 0 Å². The fourth-order valence-corrected chi connectivity index (χ4v) is 1.13. The average Bonchev–Trinajstić information content (AvgIpc) is 1.65. The summed E-state index contributed by atoms with van der Waals surface area (Å²) in [6.45, 7) is 3.90. The Hall–Kier alpha value is 0.537. The lowest BCUT2D eigenvalue weighted by Gasteiger charge is -1.92. The number of allylic oxidation sites excluding steroid dienone is 2. The van der Waals surface area contributed by atoms with E-state index in [4.69, 9.17) is 22.2 Å². The average molecular weight is 155 g/mol. The van der Waals surface area contributed by atoms with Crippen molar-refractivity contribution in [2.45, 2.75) is 13.8 Å². The molecule has 42 valence electrons. The van der Waals surface area contributed by atoms with Crippen molar-refractivity contribution in [3.05, 3.63) is 11.3 Å². The van der Waals surface area contributed by atoms with Gasteiger partial charge in [-0.3, -0.25) is 0 Å². The largest absolute Gasteiger partial charge is 0.262 e. The molecule has 0 radical (unpaired) electrons. The van der Waals surface area contributed by atoms with Gasteiger partial charge in [0.25, 0.3) is 7.42 Å². The third kappa shape index (κ3) is 3.15. The lowest BCUT2D eigenvalue weighted by atomic mass is 10.6. The monoisotopic (exact) mass is 154 g/mol. The van der Waals surface area contributed by atoms with Crippen molar-refractivity contribution in [3.63, 3.8) is 0 Å². The quantitative estimate of drug-likeness (QED) is 0.402. The molecule has 0 aromatic heterocycles. The summed E-state index contributed by atoms with van der Waals surface area (Å²) in [7, 11) is -1.46. The lowest BCUT2D eigenvalue weighted by molar-refractivity contribution is 1.58. The molecule has 0 aliphatic rings. The van der Waals surface area contributed by atoms with Gasteiger partial charge in [0.15, 0.2) is 0 Å². The second-order valence-electron chi connectivity index (χ2n) is 1.33. The lowest BCUT2D eigenvalue weighted by Crippen LogP contribution is -1.92. The van der Waals surface area contributed by atoms with Crippen LogP contribution < -0.4 is 0 Å². The van der Waals surface area contributed by atoms with E-state index in [0.717, 1.165) is 5.20 Å². The van der Waals surface area contributed by atoms with Gasteiger partial charge in [-0.05, 0) is 13.8 Å². The van der Waals surface area contributed by atoms with E-state index < -0.39 is 7.42 Å². The van der Waals surface area contributed by atoms with Crippen molar-refractivity contribution in [2.75, 3.05) is 0 Å². The molecule has 0 saturated heterocycles. The topological polar surface area (TPSA) is 0 Å². The number of hydrogen-bond acceptors (Lipinski definition) is 0. The van der Waals surface area contributed by atoms with Crippen molar-refractivity contribution in [3.8, 4) is 0 Å². The zero-order chi connectivity index (χ0) is 5.86. The molecular formula is C4H8Cl2Si. The fraction of sp³-hybridized carbons (Fsp3) is 0.500. The Balaban J connectivity index is 3.56. The Bertz CT molecular complexity index is 77.8. The smallest absolute Gasteiger partial charge is 0.145 e. The Kier molecular flexibility index (Phi) is 3.80. The van der Waals surface area contributed by atoms with Gasteiger partial charge in [0.2, 0.25) is 0 Å². The Morgan fingerprint density at radius 1 is 1.57 bits per heavy atom. The van der Waals surface area contributed by atoms with Crippen LogP contribution in [-0.2, 0) is 0 Å². The first kappa shape index (κ1) is 7.54. The predicted molar refractivity (Wildman–Crippen MR) is 38.3 cm³/mol. The molecule has 0 aliphatic heterocycles. The summed E-state index contributed by atoms with van der Waals surface area (Å²) in [6.07, 6.45) is 1.96. The maximum Gasteiger partial charge on any atom is 0.262 e. The van der Waals surface area contributed by atoms with Crippen LogP contribution in [0, 0.1) is 0 Å². The minimum absolute atomic E-state index is 1.14. The SMILES string of the molecule is CC=C(C)[SiH](Cl)Cl. The van der Waals surface area contributed by atoms with Crippen molar-refractivity contribution >= 4 is 29.6 Å². The van der Waals surface area contributed by atoms with Crippen molar-refractivity contribution in [1.82, 2.24) is 0 Å². The zero-order valence-electron chi connectivity index (χ0n) is 4.41. The zero-order valence-corrected chi connectivity index (χ0v) is 7.08. The summed E-state index contributed by atoms with van der Waals surface area (Å²) < 4.78 is 0. The first-order valence-electron chi connectivity index (χ1n) is 2.09. The predicted octanol–water partition coefficient (Wildman–Crippen LogP) is 2.19. The van der Waals surface area contributed by atoms with Crippen LogP contribution in [-0.4, -0.2) is 7.42 Å². The first-order chi connectivity index (χ1) is 3.18. The van der Waals surface area contributed by atoms with Gasteiger partial charge < -0.3 is 0 Å². The van der Waals surface area contributed by atoms with Crippen LogP contribution in [0.3, 0.4) is 0 Å². The highest BCUT2D eigenvalue weighted by Gasteiger charge is 2.00.